The second kappa shape index (κ2) is 5.53. The van der Waals surface area contributed by atoms with Crippen LogP contribution in [0, 0.1) is 17.5 Å². The fraction of sp³-hybridized carbons (Fsp3) is 0.143. The Morgan fingerprint density at radius 3 is 2.26 bits per heavy atom. The Hall–Kier alpha value is -1.68. The van der Waals surface area contributed by atoms with Crippen LogP contribution in [-0.2, 0) is 0 Å². The van der Waals surface area contributed by atoms with E-state index in [9.17, 15) is 13.2 Å². The van der Waals surface area contributed by atoms with Crippen LogP contribution >= 0.6 is 11.6 Å². The molecule has 2 aromatic rings. The van der Waals surface area contributed by atoms with E-state index < -0.39 is 17.5 Å². The Kier molecular flexibility index (Phi) is 4.00. The van der Waals surface area contributed by atoms with E-state index in [1.807, 2.05) is 0 Å². The summed E-state index contributed by atoms with van der Waals surface area (Å²) in [5.74, 6) is -2.29. The summed E-state index contributed by atoms with van der Waals surface area (Å²) in [7, 11) is 0. The molecular formula is C14H11ClF3N. The minimum absolute atomic E-state index is 0.00230. The first-order valence-electron chi connectivity index (χ1n) is 5.64. The highest BCUT2D eigenvalue weighted by molar-refractivity contribution is 6.31. The molecule has 19 heavy (non-hydrogen) atoms. The van der Waals surface area contributed by atoms with Crippen LogP contribution in [0.15, 0.2) is 36.4 Å². The topological polar surface area (TPSA) is 12.0 Å². The molecule has 0 aromatic heterocycles. The predicted molar refractivity (Wildman–Crippen MR) is 69.8 cm³/mol. The third-order valence-electron chi connectivity index (χ3n) is 2.75. The minimum atomic E-state index is -0.900. The normalized spacial score (nSPS) is 12.3. The van der Waals surface area contributed by atoms with Gasteiger partial charge in [0, 0.05) is 11.7 Å². The zero-order chi connectivity index (χ0) is 14.0. The van der Waals surface area contributed by atoms with Crippen LogP contribution in [0.4, 0.5) is 18.9 Å². The fourth-order valence-corrected chi connectivity index (χ4v) is 1.88. The maximum absolute atomic E-state index is 13.1. The summed E-state index contributed by atoms with van der Waals surface area (Å²) < 4.78 is 39.0. The van der Waals surface area contributed by atoms with Gasteiger partial charge >= 0.3 is 0 Å². The van der Waals surface area contributed by atoms with Crippen molar-refractivity contribution in [3.8, 4) is 0 Å². The van der Waals surface area contributed by atoms with E-state index in [1.165, 1.54) is 24.3 Å². The second-order valence-electron chi connectivity index (χ2n) is 4.17. The maximum Gasteiger partial charge on any atom is 0.159 e. The molecule has 0 amide bonds. The Balaban J connectivity index is 2.17. The van der Waals surface area contributed by atoms with Gasteiger partial charge in [0.2, 0.25) is 0 Å². The van der Waals surface area contributed by atoms with Gasteiger partial charge in [-0.1, -0.05) is 17.7 Å². The molecule has 2 aromatic carbocycles. The largest absolute Gasteiger partial charge is 0.378 e. The van der Waals surface area contributed by atoms with Crippen molar-refractivity contribution in [2.45, 2.75) is 13.0 Å². The predicted octanol–water partition coefficient (Wildman–Crippen LogP) is 4.93. The number of halogens is 4. The SMILES string of the molecule is CC(Nc1ccc(F)c(Cl)c1)c1ccc(F)c(F)c1. The van der Waals surface area contributed by atoms with E-state index >= 15 is 0 Å². The fourth-order valence-electron chi connectivity index (χ4n) is 1.70. The highest BCUT2D eigenvalue weighted by Crippen LogP contribution is 2.24. The molecule has 0 saturated heterocycles. The van der Waals surface area contributed by atoms with Crippen LogP contribution in [0.1, 0.15) is 18.5 Å². The molecule has 1 nitrogen and oxygen atoms in total. The van der Waals surface area contributed by atoms with Crippen molar-refractivity contribution in [1.82, 2.24) is 0 Å². The van der Waals surface area contributed by atoms with Gasteiger partial charge in [0.15, 0.2) is 11.6 Å². The van der Waals surface area contributed by atoms with Gasteiger partial charge in [-0.2, -0.15) is 0 Å². The van der Waals surface area contributed by atoms with Crippen LogP contribution in [0.25, 0.3) is 0 Å². The Morgan fingerprint density at radius 1 is 0.947 bits per heavy atom. The molecule has 1 N–H and O–H groups in total. The van der Waals surface area contributed by atoms with Crippen molar-refractivity contribution < 1.29 is 13.2 Å². The lowest BCUT2D eigenvalue weighted by atomic mass is 10.1. The van der Waals surface area contributed by atoms with E-state index in [0.29, 0.717) is 11.3 Å². The van der Waals surface area contributed by atoms with E-state index in [1.54, 1.807) is 6.92 Å². The van der Waals surface area contributed by atoms with Crippen molar-refractivity contribution in [3.63, 3.8) is 0 Å². The third kappa shape index (κ3) is 3.20. The Labute approximate surface area is 114 Å². The Morgan fingerprint density at radius 2 is 1.63 bits per heavy atom. The van der Waals surface area contributed by atoms with Crippen LogP contribution in [0.2, 0.25) is 5.02 Å². The van der Waals surface area contributed by atoms with Crippen molar-refractivity contribution in [1.29, 1.82) is 0 Å². The van der Waals surface area contributed by atoms with Crippen molar-refractivity contribution in [2.24, 2.45) is 0 Å². The van der Waals surface area contributed by atoms with Gasteiger partial charge in [0.05, 0.1) is 5.02 Å². The third-order valence-corrected chi connectivity index (χ3v) is 3.04. The highest BCUT2D eigenvalue weighted by Gasteiger charge is 2.10. The van der Waals surface area contributed by atoms with E-state index in [0.717, 1.165) is 12.1 Å². The van der Waals surface area contributed by atoms with Gasteiger partial charge in [0.1, 0.15) is 5.82 Å². The summed E-state index contributed by atoms with van der Waals surface area (Å²) in [4.78, 5) is 0. The van der Waals surface area contributed by atoms with E-state index in [4.69, 9.17) is 11.6 Å². The molecule has 0 heterocycles. The molecule has 0 fully saturated rings. The molecule has 0 aliphatic rings. The summed E-state index contributed by atoms with van der Waals surface area (Å²) in [6.07, 6.45) is 0. The van der Waals surface area contributed by atoms with Gasteiger partial charge in [-0.25, -0.2) is 13.2 Å². The monoisotopic (exact) mass is 285 g/mol. The van der Waals surface area contributed by atoms with Gasteiger partial charge < -0.3 is 5.32 Å². The molecule has 0 radical (unpaired) electrons. The lowest BCUT2D eigenvalue weighted by molar-refractivity contribution is 0.506. The number of rotatable bonds is 3. The molecule has 0 spiro atoms. The first kappa shape index (κ1) is 13.7. The summed E-state index contributed by atoms with van der Waals surface area (Å²) in [5.41, 5.74) is 1.18. The molecule has 100 valence electrons. The lowest BCUT2D eigenvalue weighted by Gasteiger charge is -2.16. The molecule has 0 aliphatic heterocycles. The van der Waals surface area contributed by atoms with Gasteiger partial charge in [-0.05, 0) is 42.8 Å². The molecule has 0 saturated carbocycles. The average molecular weight is 286 g/mol. The molecular weight excluding hydrogens is 275 g/mol. The minimum Gasteiger partial charge on any atom is -0.378 e. The quantitative estimate of drug-likeness (QED) is 0.843. The molecule has 0 bridgehead atoms. The molecule has 2 rings (SSSR count). The maximum atomic E-state index is 13.1. The summed E-state index contributed by atoms with van der Waals surface area (Å²) in [6.45, 7) is 1.78. The van der Waals surface area contributed by atoms with Crippen LogP contribution < -0.4 is 5.32 Å². The second-order valence-corrected chi connectivity index (χ2v) is 4.58. The van der Waals surface area contributed by atoms with Crippen molar-refractivity contribution in [2.75, 3.05) is 5.32 Å². The van der Waals surface area contributed by atoms with Crippen LogP contribution in [-0.4, -0.2) is 0 Å². The number of hydrogen-bond acceptors (Lipinski definition) is 1. The van der Waals surface area contributed by atoms with Crippen molar-refractivity contribution >= 4 is 17.3 Å². The average Bonchev–Trinajstić information content (AvgIpc) is 2.37. The smallest absolute Gasteiger partial charge is 0.159 e. The van der Waals surface area contributed by atoms with Crippen molar-refractivity contribution in [3.05, 3.63) is 64.4 Å². The first-order chi connectivity index (χ1) is 8.97. The number of hydrogen-bond donors (Lipinski definition) is 1. The zero-order valence-corrected chi connectivity index (χ0v) is 10.8. The zero-order valence-electron chi connectivity index (χ0n) is 10.1. The highest BCUT2D eigenvalue weighted by atomic mass is 35.5. The van der Waals surface area contributed by atoms with Gasteiger partial charge in [-0.3, -0.25) is 0 Å². The Bertz CT molecular complexity index is 601. The van der Waals surface area contributed by atoms with Crippen LogP contribution in [0.3, 0.4) is 0 Å². The van der Waals surface area contributed by atoms with Gasteiger partial charge in [0.25, 0.3) is 0 Å². The first-order valence-corrected chi connectivity index (χ1v) is 6.01. The molecule has 1 unspecified atom stereocenters. The standard InChI is InChI=1S/C14H11ClF3N/c1-8(9-2-4-13(17)14(18)6-9)19-10-3-5-12(16)11(15)7-10/h2-8,19H,1H3. The van der Waals surface area contributed by atoms with E-state index in [2.05, 4.69) is 5.32 Å². The van der Waals surface area contributed by atoms with E-state index in [-0.39, 0.29) is 11.1 Å². The molecule has 5 heteroatoms. The summed E-state index contributed by atoms with van der Waals surface area (Å²) in [5, 5.41) is 3.03. The molecule has 1 atom stereocenters. The van der Waals surface area contributed by atoms with Gasteiger partial charge in [-0.15, -0.1) is 0 Å². The summed E-state index contributed by atoms with van der Waals surface area (Å²) in [6, 6.07) is 7.62. The lowest BCUT2D eigenvalue weighted by Crippen LogP contribution is -2.07. The number of nitrogens with one attached hydrogen (secondary N) is 1. The molecule has 0 aliphatic carbocycles. The van der Waals surface area contributed by atoms with Crippen LogP contribution in [0.5, 0.6) is 0 Å². The summed E-state index contributed by atoms with van der Waals surface area (Å²) >= 11 is 5.66. The number of anilines is 1. The number of benzene rings is 2.